The van der Waals surface area contributed by atoms with Crippen molar-refractivity contribution in [3.63, 3.8) is 0 Å². The molecule has 0 saturated carbocycles. The van der Waals surface area contributed by atoms with Crippen LogP contribution < -0.4 is 0 Å². The fourth-order valence-electron chi connectivity index (χ4n) is 0. The molecule has 1 radical (unpaired) electrons. The van der Waals surface area contributed by atoms with Gasteiger partial charge in [0.25, 0.3) is 0 Å². The molecule has 0 unspecified atom stereocenters. The van der Waals surface area contributed by atoms with E-state index in [9.17, 15) is 0 Å². The molecule has 0 aliphatic carbocycles. The van der Waals surface area contributed by atoms with E-state index < -0.39 is 5.31 Å². The second-order valence-corrected chi connectivity index (χ2v) is 11.6. The van der Waals surface area contributed by atoms with Crippen LogP contribution in [0.3, 0.4) is 0 Å². The smallest absolute Gasteiger partial charge is 0.110 e. The van der Waals surface area contributed by atoms with Crippen molar-refractivity contribution in [3.8, 4) is 0 Å². The Morgan fingerprint density at radius 2 is 0.833 bits per heavy atom. The molecule has 0 aromatic carbocycles. The molecule has 43 valence electrons. The van der Waals surface area contributed by atoms with Gasteiger partial charge < -0.3 is 0 Å². The molecule has 0 aliphatic rings. The van der Waals surface area contributed by atoms with Crippen molar-refractivity contribution < 1.29 is 17.1 Å². The Hall–Kier alpha value is 1.90. The Bertz CT molecular complexity index is 23.0. The molecular weight excluding hydrogens is 233 g/mol. The molecule has 6 heavy (non-hydrogen) atoms. The molecule has 0 saturated heterocycles. The predicted octanol–water partition coefficient (Wildman–Crippen LogP) is 2.37. The van der Waals surface area contributed by atoms with Crippen LogP contribution in [0.4, 0.5) is 0 Å². The average molecular weight is 233 g/mol. The molecule has 0 bridgehead atoms. The van der Waals surface area contributed by atoms with E-state index in [-0.39, 0.29) is 17.1 Å². The van der Waals surface area contributed by atoms with Gasteiger partial charge in [-0.05, 0) is 0 Å². The summed E-state index contributed by atoms with van der Waals surface area (Å²) in [7, 11) is 0. The van der Waals surface area contributed by atoms with E-state index in [1.54, 1.807) is 0 Å². The van der Waals surface area contributed by atoms with Crippen molar-refractivity contribution in [1.82, 2.24) is 0 Å². The first-order valence-corrected chi connectivity index (χ1v) is 6.80. The van der Waals surface area contributed by atoms with Gasteiger partial charge >= 0.3 is 5.31 Å². The zero-order chi connectivity index (χ0) is 4.50. The summed E-state index contributed by atoms with van der Waals surface area (Å²) in [6.07, 6.45) is 0. The summed E-state index contributed by atoms with van der Waals surface area (Å²) in [6.45, 7) is 0. The van der Waals surface area contributed by atoms with Crippen LogP contribution >= 0.6 is 44.3 Å². The van der Waals surface area contributed by atoms with E-state index in [0.717, 1.165) is 0 Å². The van der Waals surface area contributed by atoms with Crippen LogP contribution in [-0.4, -0.2) is 5.31 Å². The molecule has 0 heterocycles. The number of hydrogen-bond donors (Lipinski definition) is 0. The van der Waals surface area contributed by atoms with Crippen LogP contribution in [0.5, 0.6) is 0 Å². The Balaban J connectivity index is 0. The van der Waals surface area contributed by atoms with Crippen molar-refractivity contribution in [2.24, 2.45) is 0 Å². The van der Waals surface area contributed by atoms with Gasteiger partial charge in [-0.2, -0.15) is 0 Å². The van der Waals surface area contributed by atoms with Crippen molar-refractivity contribution in [2.75, 3.05) is 0 Å². The normalized spacial score (nSPS) is 10.0. The Morgan fingerprint density at radius 3 is 0.833 bits per heavy atom. The van der Waals surface area contributed by atoms with Crippen LogP contribution in [0.25, 0.3) is 0 Å². The summed E-state index contributed by atoms with van der Waals surface area (Å²) in [4.78, 5) is 0. The number of hydrogen-bond acceptors (Lipinski definition) is 0. The van der Waals surface area contributed by atoms with E-state index in [1.807, 2.05) is 0 Å². The molecule has 0 rings (SSSR count). The monoisotopic (exact) mass is 231 g/mol. The second-order valence-electron chi connectivity index (χ2n) is 0.429. The summed E-state index contributed by atoms with van der Waals surface area (Å²) in [5.41, 5.74) is 0. The minimum atomic E-state index is -2.72. The van der Waals surface area contributed by atoms with E-state index >= 15 is 0 Å². The van der Waals surface area contributed by atoms with Crippen molar-refractivity contribution >= 4 is 49.6 Å². The molecule has 0 aromatic heterocycles. The minimum absolute atomic E-state index is 0. The molecule has 6 heteroatoms. The fraction of sp³-hybridized carbons (Fsp3) is 0. The SMILES string of the molecule is Cl[Si](Cl)(Cl)Cl.[Cu]. The van der Waals surface area contributed by atoms with E-state index in [2.05, 4.69) is 0 Å². The van der Waals surface area contributed by atoms with Gasteiger partial charge in [-0.1, -0.05) is 0 Å². The van der Waals surface area contributed by atoms with Gasteiger partial charge in [0, 0.05) is 17.1 Å². The summed E-state index contributed by atoms with van der Waals surface area (Å²) in [6, 6.07) is 0. The molecule has 0 atom stereocenters. The van der Waals surface area contributed by atoms with Gasteiger partial charge in [-0.3, -0.25) is 0 Å². The molecule has 0 N–H and O–H groups in total. The quantitative estimate of drug-likeness (QED) is 0.445. The average Bonchev–Trinajstić information content (AvgIpc) is 0.722. The predicted molar refractivity (Wildman–Crippen MR) is 29.2 cm³/mol. The van der Waals surface area contributed by atoms with Gasteiger partial charge in [-0.25, -0.2) is 0 Å². The number of halogens is 4. The first-order chi connectivity index (χ1) is 2.00. The largest absolute Gasteiger partial charge is 0.440 e. The third kappa shape index (κ3) is 39.3. The summed E-state index contributed by atoms with van der Waals surface area (Å²) >= 11 is 19.9. The van der Waals surface area contributed by atoms with E-state index in [1.165, 1.54) is 0 Å². The molecule has 0 amide bonds. The van der Waals surface area contributed by atoms with E-state index in [0.29, 0.717) is 0 Å². The third-order valence-electron chi connectivity index (χ3n) is 0. The molecule has 0 spiro atoms. The Kier molecular flexibility index (Phi) is 6.92. The number of rotatable bonds is 0. The standard InChI is InChI=1S/Cl4Si.Cu/c1-5(2,3)4;. The topological polar surface area (TPSA) is 0 Å². The molecule has 0 nitrogen and oxygen atoms in total. The van der Waals surface area contributed by atoms with Gasteiger partial charge in [0.05, 0.1) is 0 Å². The Morgan fingerprint density at radius 1 is 0.833 bits per heavy atom. The van der Waals surface area contributed by atoms with Crippen LogP contribution in [0.15, 0.2) is 0 Å². The molecule has 0 aromatic rings. The van der Waals surface area contributed by atoms with Crippen LogP contribution in [-0.2, 0) is 17.1 Å². The second kappa shape index (κ2) is 3.85. The van der Waals surface area contributed by atoms with Gasteiger partial charge in [0.15, 0.2) is 0 Å². The molecule has 0 fully saturated rings. The first kappa shape index (κ1) is 10.8. The van der Waals surface area contributed by atoms with Crippen molar-refractivity contribution in [3.05, 3.63) is 0 Å². The zero-order valence-corrected chi connectivity index (χ0v) is 7.28. The Labute approximate surface area is 66.4 Å². The third-order valence-corrected chi connectivity index (χ3v) is 0. The summed E-state index contributed by atoms with van der Waals surface area (Å²) < 4.78 is 0. The van der Waals surface area contributed by atoms with Crippen LogP contribution in [0, 0.1) is 0 Å². The maximum Gasteiger partial charge on any atom is 0.440 e. The maximum absolute atomic E-state index is 4.97. The van der Waals surface area contributed by atoms with Gasteiger partial charge in [0.1, 0.15) is 0 Å². The van der Waals surface area contributed by atoms with Gasteiger partial charge in [-0.15, -0.1) is 44.3 Å². The van der Waals surface area contributed by atoms with Crippen LogP contribution in [0.1, 0.15) is 0 Å². The summed E-state index contributed by atoms with van der Waals surface area (Å²) in [5.74, 6) is 0. The summed E-state index contributed by atoms with van der Waals surface area (Å²) in [5, 5.41) is -2.72. The zero-order valence-electron chi connectivity index (χ0n) is 2.31. The maximum atomic E-state index is 4.97. The van der Waals surface area contributed by atoms with Crippen LogP contribution in [0.2, 0.25) is 0 Å². The van der Waals surface area contributed by atoms with Gasteiger partial charge in [0.2, 0.25) is 0 Å². The molecular formula is Cl4CuSi. The minimum Gasteiger partial charge on any atom is -0.110 e. The first-order valence-electron chi connectivity index (χ1n) is 0.756. The molecule has 0 aliphatic heterocycles. The van der Waals surface area contributed by atoms with Crippen molar-refractivity contribution in [1.29, 1.82) is 0 Å². The van der Waals surface area contributed by atoms with Crippen molar-refractivity contribution in [2.45, 2.75) is 0 Å². The fourth-order valence-corrected chi connectivity index (χ4v) is 0. The van der Waals surface area contributed by atoms with E-state index in [4.69, 9.17) is 44.3 Å².